The van der Waals surface area contributed by atoms with Crippen LogP contribution in [0, 0.1) is 11.3 Å². The third-order valence-corrected chi connectivity index (χ3v) is 6.55. The summed E-state index contributed by atoms with van der Waals surface area (Å²) in [6.07, 6.45) is 0.500. The molecule has 1 fully saturated rings. The predicted molar refractivity (Wildman–Crippen MR) is 140 cm³/mol. The zero-order valence-electron chi connectivity index (χ0n) is 21.8. The Bertz CT molecular complexity index is 809. The van der Waals surface area contributed by atoms with Crippen molar-refractivity contribution in [2.45, 2.75) is 91.6 Å². The fourth-order valence-corrected chi connectivity index (χ4v) is 3.78. The highest BCUT2D eigenvalue weighted by atomic mass is 32.1. The number of urea groups is 1. The third-order valence-electron chi connectivity index (χ3n) is 6.05. The molecule has 0 spiro atoms. The summed E-state index contributed by atoms with van der Waals surface area (Å²) in [6, 6.07) is -2.07. The molecule has 202 valence electrons. The van der Waals surface area contributed by atoms with E-state index in [1.54, 1.807) is 20.9 Å². The van der Waals surface area contributed by atoms with Gasteiger partial charge in [0.05, 0.1) is 5.25 Å². The Labute approximate surface area is 215 Å². The lowest BCUT2D eigenvalue weighted by molar-refractivity contribution is -0.134. The normalized spacial score (nSPS) is 18.0. The number of hydrogen-bond donors (Lipinski definition) is 4. The van der Waals surface area contributed by atoms with Gasteiger partial charge in [0.2, 0.25) is 17.7 Å². The topological polar surface area (TPSA) is 128 Å². The average Bonchev–Trinajstić information content (AvgIpc) is 2.87. The van der Waals surface area contributed by atoms with Crippen molar-refractivity contribution in [3.63, 3.8) is 0 Å². The number of likely N-dealkylation sites (N-methyl/N-ethyl adjacent to an activating group) is 2. The molecule has 1 rings (SSSR count). The molecule has 10 nitrogen and oxygen atoms in total. The van der Waals surface area contributed by atoms with Crippen LogP contribution >= 0.6 is 12.6 Å². The zero-order chi connectivity index (χ0) is 26.6. The van der Waals surface area contributed by atoms with Crippen molar-refractivity contribution in [2.75, 3.05) is 20.6 Å². The SMILES string of the molecule is C.CNC(=O)[C@@H](NC(=O)[C@H](CC(C)C)NC(=O)[C@@H](S)CCN1C(=O)N(C)C(C)(C)C1=O)C(C)(C)C. The number of amides is 6. The Balaban J connectivity index is 0.0000116. The summed E-state index contributed by atoms with van der Waals surface area (Å²) in [4.78, 5) is 65.6. The molecule has 0 aromatic heterocycles. The van der Waals surface area contributed by atoms with Crippen molar-refractivity contribution in [3.8, 4) is 0 Å². The van der Waals surface area contributed by atoms with Crippen LogP contribution in [0.2, 0.25) is 0 Å². The number of rotatable bonds is 10. The summed E-state index contributed by atoms with van der Waals surface area (Å²) >= 11 is 4.35. The van der Waals surface area contributed by atoms with Crippen LogP contribution in [-0.4, -0.2) is 83.0 Å². The molecular weight excluding hydrogens is 470 g/mol. The van der Waals surface area contributed by atoms with Gasteiger partial charge in [0.15, 0.2) is 0 Å². The molecule has 0 unspecified atom stereocenters. The van der Waals surface area contributed by atoms with E-state index < -0.39 is 46.1 Å². The number of thiol groups is 1. The standard InChI is InChI=1S/C23H41N5O5S.CH4/c1-13(2)12-14(17(29)26-16(19(31)24-8)22(3,4)5)25-18(30)15(34)10-11-28-20(32)23(6,7)27(9)21(28)33;/h13-16,34H,10-12H2,1-9H3,(H,24,31)(H,25,30)(H,26,29);1H4/t14-,15-,16+;/m0./s1. The average molecular weight is 516 g/mol. The second kappa shape index (κ2) is 12.6. The van der Waals surface area contributed by atoms with Crippen molar-refractivity contribution in [2.24, 2.45) is 11.3 Å². The Kier molecular flexibility index (Phi) is 11.8. The van der Waals surface area contributed by atoms with Gasteiger partial charge in [0.1, 0.15) is 17.6 Å². The molecule has 35 heavy (non-hydrogen) atoms. The molecule has 11 heteroatoms. The maximum atomic E-state index is 13.0. The first-order chi connectivity index (χ1) is 15.4. The van der Waals surface area contributed by atoms with Crippen LogP contribution in [0.3, 0.4) is 0 Å². The summed E-state index contributed by atoms with van der Waals surface area (Å²) in [5.41, 5.74) is -1.48. The number of carbonyl (C=O) groups is 5. The Morgan fingerprint density at radius 1 is 1.03 bits per heavy atom. The maximum absolute atomic E-state index is 13.0. The smallest absolute Gasteiger partial charge is 0.327 e. The molecule has 0 aliphatic carbocycles. The van der Waals surface area contributed by atoms with Crippen LogP contribution in [0.25, 0.3) is 0 Å². The number of hydrogen-bond acceptors (Lipinski definition) is 6. The van der Waals surface area contributed by atoms with Gasteiger partial charge < -0.3 is 20.9 Å². The number of carbonyl (C=O) groups excluding carboxylic acids is 5. The first kappa shape index (κ1) is 32.7. The van der Waals surface area contributed by atoms with E-state index in [4.69, 9.17) is 0 Å². The minimum atomic E-state index is -0.944. The van der Waals surface area contributed by atoms with Gasteiger partial charge in [-0.3, -0.25) is 24.1 Å². The van der Waals surface area contributed by atoms with Gasteiger partial charge in [-0.2, -0.15) is 12.6 Å². The molecule has 0 aromatic rings. The summed E-state index contributed by atoms with van der Waals surface area (Å²) in [5, 5.41) is 7.21. The maximum Gasteiger partial charge on any atom is 0.327 e. The van der Waals surface area contributed by atoms with Gasteiger partial charge in [-0.05, 0) is 38.0 Å². The van der Waals surface area contributed by atoms with E-state index in [-0.39, 0.29) is 38.1 Å². The molecule has 3 atom stereocenters. The molecule has 0 aromatic carbocycles. The summed E-state index contributed by atoms with van der Waals surface area (Å²) in [6.45, 7) is 12.7. The minimum absolute atomic E-state index is 0. The first-order valence-corrected chi connectivity index (χ1v) is 12.1. The zero-order valence-corrected chi connectivity index (χ0v) is 22.7. The lowest BCUT2D eigenvalue weighted by Gasteiger charge is -2.32. The van der Waals surface area contributed by atoms with Crippen LogP contribution in [-0.2, 0) is 19.2 Å². The van der Waals surface area contributed by atoms with Gasteiger partial charge in [-0.1, -0.05) is 42.0 Å². The van der Waals surface area contributed by atoms with Crippen LogP contribution in [0.1, 0.15) is 68.7 Å². The lowest BCUT2D eigenvalue weighted by Crippen LogP contribution is -2.58. The van der Waals surface area contributed by atoms with Crippen molar-refractivity contribution in [1.82, 2.24) is 25.8 Å². The largest absolute Gasteiger partial charge is 0.357 e. The van der Waals surface area contributed by atoms with E-state index in [0.29, 0.717) is 6.42 Å². The molecule has 1 aliphatic rings. The van der Waals surface area contributed by atoms with Crippen LogP contribution in [0.15, 0.2) is 0 Å². The van der Waals surface area contributed by atoms with E-state index in [2.05, 4.69) is 28.6 Å². The van der Waals surface area contributed by atoms with Gasteiger partial charge in [-0.15, -0.1) is 0 Å². The van der Waals surface area contributed by atoms with E-state index in [9.17, 15) is 24.0 Å². The fourth-order valence-electron chi connectivity index (χ4n) is 3.59. The lowest BCUT2D eigenvalue weighted by atomic mass is 9.85. The molecule has 6 amide bonds. The Hall–Kier alpha value is -2.30. The van der Waals surface area contributed by atoms with Gasteiger partial charge in [-0.25, -0.2) is 4.79 Å². The molecule has 3 N–H and O–H groups in total. The molecule has 1 saturated heterocycles. The first-order valence-electron chi connectivity index (χ1n) is 11.5. The molecule has 1 heterocycles. The van der Waals surface area contributed by atoms with E-state index in [1.165, 1.54) is 11.9 Å². The quantitative estimate of drug-likeness (QED) is 0.261. The van der Waals surface area contributed by atoms with Crippen molar-refractivity contribution >= 4 is 42.3 Å². The molecule has 0 saturated carbocycles. The monoisotopic (exact) mass is 515 g/mol. The van der Waals surface area contributed by atoms with E-state index >= 15 is 0 Å². The molecule has 0 radical (unpaired) electrons. The summed E-state index contributed by atoms with van der Waals surface area (Å²) < 4.78 is 0. The van der Waals surface area contributed by atoms with Crippen LogP contribution in [0.4, 0.5) is 4.79 Å². The summed E-state index contributed by atoms with van der Waals surface area (Å²) in [5.74, 6) is -1.50. The minimum Gasteiger partial charge on any atom is -0.357 e. The second-order valence-corrected chi connectivity index (χ2v) is 11.4. The highest BCUT2D eigenvalue weighted by molar-refractivity contribution is 7.81. The fraction of sp³-hybridized carbons (Fsp3) is 0.792. The third kappa shape index (κ3) is 8.12. The number of nitrogens with one attached hydrogen (secondary N) is 3. The van der Waals surface area contributed by atoms with Gasteiger partial charge in [0, 0.05) is 20.6 Å². The van der Waals surface area contributed by atoms with E-state index in [1.807, 2.05) is 34.6 Å². The molecule has 0 bridgehead atoms. The Morgan fingerprint density at radius 3 is 1.97 bits per heavy atom. The Morgan fingerprint density at radius 2 is 1.57 bits per heavy atom. The van der Waals surface area contributed by atoms with Crippen molar-refractivity contribution in [1.29, 1.82) is 0 Å². The van der Waals surface area contributed by atoms with Gasteiger partial charge >= 0.3 is 6.03 Å². The highest BCUT2D eigenvalue weighted by Gasteiger charge is 2.49. The number of nitrogens with zero attached hydrogens (tertiary/aromatic N) is 2. The summed E-state index contributed by atoms with van der Waals surface area (Å²) in [7, 11) is 3.06. The van der Waals surface area contributed by atoms with Crippen LogP contribution in [0.5, 0.6) is 0 Å². The highest BCUT2D eigenvalue weighted by Crippen LogP contribution is 2.26. The van der Waals surface area contributed by atoms with Gasteiger partial charge in [0.25, 0.3) is 5.91 Å². The molecule has 1 aliphatic heterocycles. The second-order valence-electron chi connectivity index (χ2n) is 10.8. The predicted octanol–water partition coefficient (Wildman–Crippen LogP) is 1.79. The number of imide groups is 1. The van der Waals surface area contributed by atoms with Crippen molar-refractivity contribution < 1.29 is 24.0 Å². The van der Waals surface area contributed by atoms with E-state index in [0.717, 1.165) is 4.90 Å². The van der Waals surface area contributed by atoms with Crippen molar-refractivity contribution in [3.05, 3.63) is 0 Å². The molecular formula is C24H45N5O5S. The van der Waals surface area contributed by atoms with Crippen LogP contribution < -0.4 is 16.0 Å².